The molecule has 0 aliphatic rings. The first-order valence-electron chi connectivity index (χ1n) is 12.0. The van der Waals surface area contributed by atoms with E-state index in [2.05, 4.69) is 38.2 Å². The number of quaternary nitrogens is 2. The zero-order valence-electron chi connectivity index (χ0n) is 22.0. The highest BCUT2D eigenvalue weighted by Gasteiger charge is 2.14. The lowest BCUT2D eigenvalue weighted by atomic mass is 10.1. The number of carbonyl (C=O) groups excluding carboxylic acids is 2. The van der Waals surface area contributed by atoms with E-state index >= 15 is 0 Å². The molecular formula is C26H42N4O6. The monoisotopic (exact) mass is 506 g/mol. The smallest absolute Gasteiger partial charge is 0.102 e. The van der Waals surface area contributed by atoms with Crippen molar-refractivity contribution in [2.75, 3.05) is 67.6 Å². The average Bonchev–Trinajstić information content (AvgIpc) is 2.83. The Kier molecular flexibility index (Phi) is 16.9. The van der Waals surface area contributed by atoms with Gasteiger partial charge in [0.2, 0.25) is 0 Å². The number of aromatic carboxylic acids is 2. The van der Waals surface area contributed by atoms with Gasteiger partial charge in [0.15, 0.2) is 0 Å². The van der Waals surface area contributed by atoms with Crippen LogP contribution in [0.5, 0.6) is 0 Å². The highest BCUT2D eigenvalue weighted by Crippen LogP contribution is 2.08. The Morgan fingerprint density at radius 3 is 1.28 bits per heavy atom. The maximum absolute atomic E-state index is 10.0. The fraction of sp³-hybridized carbons (Fsp3) is 0.538. The van der Waals surface area contributed by atoms with Crippen LogP contribution in [0.15, 0.2) is 49.1 Å². The summed E-state index contributed by atoms with van der Waals surface area (Å²) in [4.78, 5) is 27.3. The number of aliphatic hydroxyl groups is 2. The number of hydrogen-bond acceptors (Lipinski definition) is 8. The lowest BCUT2D eigenvalue weighted by Crippen LogP contribution is -2.43. The fourth-order valence-corrected chi connectivity index (χ4v) is 3.17. The number of likely N-dealkylation sites (N-methyl/N-ethyl adjacent to an activating group) is 2. The molecular weight excluding hydrogens is 464 g/mol. The standard InChI is InChI=1S/C14H34N2O2.2C6H5NO2/c1-15(2,11-13-17)9-7-5-6-8-10-16(3,4)12-14-18;2*8-6(9)5-2-1-3-7-4-5/h17-18H,5-14H2,1-4H3;2*1-4H,(H,8,9)/q+2;;/p-2. The predicted molar refractivity (Wildman–Crippen MR) is 133 cm³/mol. The molecule has 2 aromatic heterocycles. The van der Waals surface area contributed by atoms with Gasteiger partial charge in [0, 0.05) is 35.9 Å². The molecule has 0 saturated heterocycles. The molecule has 2 N–H and O–H groups in total. The molecule has 10 heteroatoms. The number of unbranched alkanes of at least 4 members (excludes halogenated alkanes) is 3. The van der Waals surface area contributed by atoms with E-state index in [1.807, 2.05) is 0 Å². The van der Waals surface area contributed by atoms with Gasteiger partial charge >= 0.3 is 0 Å². The van der Waals surface area contributed by atoms with Crippen molar-refractivity contribution in [3.8, 4) is 0 Å². The van der Waals surface area contributed by atoms with Crippen LogP contribution in [-0.4, -0.2) is 109 Å². The summed E-state index contributed by atoms with van der Waals surface area (Å²) < 4.78 is 1.84. The molecule has 0 aromatic carbocycles. The molecule has 0 aliphatic heterocycles. The van der Waals surface area contributed by atoms with Crippen LogP contribution >= 0.6 is 0 Å². The molecule has 0 amide bonds. The van der Waals surface area contributed by atoms with E-state index < -0.39 is 11.9 Å². The van der Waals surface area contributed by atoms with Gasteiger partial charge in [0.25, 0.3) is 0 Å². The Bertz CT molecular complexity index is 777. The molecule has 0 atom stereocenters. The molecule has 0 radical (unpaired) electrons. The van der Waals surface area contributed by atoms with E-state index in [-0.39, 0.29) is 24.3 Å². The van der Waals surface area contributed by atoms with E-state index in [1.54, 1.807) is 12.1 Å². The van der Waals surface area contributed by atoms with Crippen molar-refractivity contribution < 1.29 is 39.0 Å². The minimum atomic E-state index is -1.19. The highest BCUT2D eigenvalue weighted by atomic mass is 16.4. The number of carboxylic acid groups (broad SMARTS) is 2. The lowest BCUT2D eigenvalue weighted by molar-refractivity contribution is -0.891. The third kappa shape index (κ3) is 17.5. The lowest BCUT2D eigenvalue weighted by Gasteiger charge is -2.30. The third-order valence-electron chi connectivity index (χ3n) is 5.48. The number of hydrogen-bond donors (Lipinski definition) is 2. The highest BCUT2D eigenvalue weighted by molar-refractivity contribution is 5.85. The van der Waals surface area contributed by atoms with Gasteiger partial charge < -0.3 is 39.0 Å². The van der Waals surface area contributed by atoms with E-state index in [0.29, 0.717) is 0 Å². The molecule has 2 heterocycles. The third-order valence-corrected chi connectivity index (χ3v) is 5.48. The Hall–Kier alpha value is -2.92. The molecule has 36 heavy (non-hydrogen) atoms. The van der Waals surface area contributed by atoms with Crippen molar-refractivity contribution in [1.29, 1.82) is 0 Å². The van der Waals surface area contributed by atoms with Gasteiger partial charge in [-0.15, -0.1) is 0 Å². The molecule has 10 nitrogen and oxygen atoms in total. The topological polar surface area (TPSA) is 146 Å². The van der Waals surface area contributed by atoms with Gasteiger partial charge in [-0.05, 0) is 37.8 Å². The van der Waals surface area contributed by atoms with Crippen LogP contribution in [0.25, 0.3) is 0 Å². The molecule has 0 fully saturated rings. The summed E-state index contributed by atoms with van der Waals surface area (Å²) in [5.41, 5.74) is 0.218. The number of carboxylic acids is 2. The van der Waals surface area contributed by atoms with Crippen LogP contribution in [0.3, 0.4) is 0 Å². The molecule has 0 spiro atoms. The zero-order chi connectivity index (χ0) is 27.5. The van der Waals surface area contributed by atoms with Gasteiger partial charge in [-0.25, -0.2) is 0 Å². The van der Waals surface area contributed by atoms with Crippen molar-refractivity contribution in [2.45, 2.75) is 25.7 Å². The summed E-state index contributed by atoms with van der Waals surface area (Å²) in [5, 5.41) is 38.0. The van der Waals surface area contributed by atoms with Gasteiger partial charge in [-0.3, -0.25) is 9.97 Å². The SMILES string of the molecule is C[N+](C)(CCO)CCCCCC[N+](C)(C)CCO.O=C([O-])c1cccnc1.O=C([O-])c1cccnc1. The number of pyridine rings is 2. The second kappa shape index (κ2) is 18.4. The van der Waals surface area contributed by atoms with Crippen molar-refractivity contribution in [1.82, 2.24) is 9.97 Å². The first-order chi connectivity index (χ1) is 16.9. The first kappa shape index (κ1) is 33.1. The summed E-state index contributed by atoms with van der Waals surface area (Å²) in [6.45, 7) is 4.55. The molecule has 0 saturated carbocycles. The van der Waals surface area contributed by atoms with Crippen molar-refractivity contribution in [3.63, 3.8) is 0 Å². The Balaban J connectivity index is 0.000000564. The maximum Gasteiger partial charge on any atom is 0.102 e. The Morgan fingerprint density at radius 2 is 1.06 bits per heavy atom. The van der Waals surface area contributed by atoms with E-state index in [0.717, 1.165) is 35.1 Å². The second-order valence-corrected chi connectivity index (χ2v) is 9.69. The number of carbonyl (C=O) groups is 2. The van der Waals surface area contributed by atoms with Crippen LogP contribution in [0.1, 0.15) is 46.4 Å². The van der Waals surface area contributed by atoms with Gasteiger partial charge in [-0.2, -0.15) is 0 Å². The van der Waals surface area contributed by atoms with Crippen LogP contribution in [0, 0.1) is 0 Å². The van der Waals surface area contributed by atoms with Gasteiger partial charge in [-0.1, -0.05) is 12.1 Å². The molecule has 0 aliphatic carbocycles. The van der Waals surface area contributed by atoms with Crippen LogP contribution < -0.4 is 10.2 Å². The maximum atomic E-state index is 10.0. The van der Waals surface area contributed by atoms with E-state index in [9.17, 15) is 19.8 Å². The van der Waals surface area contributed by atoms with Gasteiger partial charge in [0.1, 0.15) is 13.1 Å². The summed E-state index contributed by atoms with van der Waals surface area (Å²) in [7, 11) is 8.71. The van der Waals surface area contributed by atoms with Gasteiger partial charge in [0.05, 0.1) is 66.4 Å². The second-order valence-electron chi connectivity index (χ2n) is 9.69. The minimum Gasteiger partial charge on any atom is -0.545 e. The van der Waals surface area contributed by atoms with Crippen LogP contribution in [0.4, 0.5) is 0 Å². The number of rotatable bonds is 13. The molecule has 0 bridgehead atoms. The quantitative estimate of drug-likeness (QED) is 0.275. The normalized spacial score (nSPS) is 10.9. The van der Waals surface area contributed by atoms with Crippen LogP contribution in [-0.2, 0) is 0 Å². The summed E-state index contributed by atoms with van der Waals surface area (Å²) in [5.74, 6) is -2.38. The summed E-state index contributed by atoms with van der Waals surface area (Å²) >= 11 is 0. The fourth-order valence-electron chi connectivity index (χ4n) is 3.17. The van der Waals surface area contributed by atoms with Crippen molar-refractivity contribution in [3.05, 3.63) is 60.2 Å². The van der Waals surface area contributed by atoms with E-state index in [1.165, 1.54) is 62.6 Å². The molecule has 2 rings (SSSR count). The minimum absolute atomic E-state index is 0.109. The largest absolute Gasteiger partial charge is 0.545 e. The molecule has 0 unspecified atom stereocenters. The number of aromatic nitrogens is 2. The van der Waals surface area contributed by atoms with Crippen molar-refractivity contribution in [2.24, 2.45) is 0 Å². The number of nitrogens with zero attached hydrogens (tertiary/aromatic N) is 4. The summed E-state index contributed by atoms with van der Waals surface area (Å²) in [6.07, 6.45) is 10.5. The Morgan fingerprint density at radius 1 is 0.694 bits per heavy atom. The van der Waals surface area contributed by atoms with Crippen molar-refractivity contribution >= 4 is 11.9 Å². The van der Waals surface area contributed by atoms with Crippen LogP contribution in [0.2, 0.25) is 0 Å². The zero-order valence-corrected chi connectivity index (χ0v) is 22.0. The Labute approximate surface area is 214 Å². The number of aliphatic hydroxyl groups excluding tert-OH is 2. The molecule has 2 aromatic rings. The average molecular weight is 507 g/mol. The molecule has 202 valence electrons. The first-order valence-corrected chi connectivity index (χ1v) is 12.0. The predicted octanol–water partition coefficient (Wildman–Crippen LogP) is -0.426. The van der Waals surface area contributed by atoms with E-state index in [4.69, 9.17) is 10.2 Å². The summed E-state index contributed by atoms with van der Waals surface area (Å²) in [6, 6.07) is 5.96.